The smallest absolute Gasteiger partial charge is 0.284 e. The largest absolute Gasteiger partial charge is 0.491 e. The van der Waals surface area contributed by atoms with Crippen LogP contribution < -0.4 is 4.74 Å². The Kier molecular flexibility index (Phi) is 3.84. The molecule has 0 aliphatic heterocycles. The Morgan fingerprint density at radius 1 is 1.56 bits per heavy atom. The number of hydrogen-bond donors (Lipinski definition) is 0. The standard InChI is InChI=1S/C10H10ClNO4/c1-3-16-10-7(11)4-5-8(12(14)15)9(10)6(2)13/h4-5H,3H2,1-2H3. The summed E-state index contributed by atoms with van der Waals surface area (Å²) in [5.41, 5.74) is -0.375. The monoisotopic (exact) mass is 243 g/mol. The fraction of sp³-hybridized carbons (Fsp3) is 0.300. The van der Waals surface area contributed by atoms with Gasteiger partial charge in [-0.15, -0.1) is 0 Å². The van der Waals surface area contributed by atoms with Gasteiger partial charge >= 0.3 is 0 Å². The third kappa shape index (κ3) is 2.30. The van der Waals surface area contributed by atoms with Crippen molar-refractivity contribution in [1.82, 2.24) is 0 Å². The average molecular weight is 244 g/mol. The summed E-state index contributed by atoms with van der Waals surface area (Å²) in [7, 11) is 0. The molecule has 0 atom stereocenters. The van der Waals surface area contributed by atoms with Gasteiger partial charge in [-0.1, -0.05) is 11.6 Å². The molecule has 0 aliphatic carbocycles. The van der Waals surface area contributed by atoms with Gasteiger partial charge in [0.2, 0.25) is 0 Å². The van der Waals surface area contributed by atoms with Crippen LogP contribution in [-0.4, -0.2) is 17.3 Å². The first-order valence-corrected chi connectivity index (χ1v) is 4.97. The van der Waals surface area contributed by atoms with Gasteiger partial charge in [0.25, 0.3) is 5.69 Å². The lowest BCUT2D eigenvalue weighted by Crippen LogP contribution is -2.05. The summed E-state index contributed by atoms with van der Waals surface area (Å²) in [6.45, 7) is 3.22. The number of nitro benzene ring substituents is 1. The van der Waals surface area contributed by atoms with Crippen molar-refractivity contribution in [2.24, 2.45) is 0 Å². The fourth-order valence-corrected chi connectivity index (χ4v) is 1.54. The van der Waals surface area contributed by atoms with Crippen LogP contribution in [0.4, 0.5) is 5.69 Å². The van der Waals surface area contributed by atoms with E-state index in [0.29, 0.717) is 0 Å². The van der Waals surface area contributed by atoms with Crippen molar-refractivity contribution in [3.63, 3.8) is 0 Å². The number of carbonyl (C=O) groups is 1. The first-order chi connectivity index (χ1) is 7.49. The molecule has 0 saturated heterocycles. The van der Waals surface area contributed by atoms with Gasteiger partial charge in [0.1, 0.15) is 5.56 Å². The van der Waals surface area contributed by atoms with Crippen molar-refractivity contribution in [1.29, 1.82) is 0 Å². The highest BCUT2D eigenvalue weighted by molar-refractivity contribution is 6.33. The van der Waals surface area contributed by atoms with Crippen LogP contribution in [0.1, 0.15) is 24.2 Å². The molecule has 0 bridgehead atoms. The van der Waals surface area contributed by atoms with Crippen LogP contribution >= 0.6 is 11.6 Å². The highest BCUT2D eigenvalue weighted by Crippen LogP contribution is 2.35. The second-order valence-corrected chi connectivity index (χ2v) is 3.42. The Hall–Kier alpha value is -1.62. The Labute approximate surface area is 97.1 Å². The van der Waals surface area contributed by atoms with Crippen LogP contribution in [-0.2, 0) is 0 Å². The van der Waals surface area contributed by atoms with Crippen molar-refractivity contribution in [2.75, 3.05) is 6.61 Å². The maximum absolute atomic E-state index is 11.4. The maximum Gasteiger partial charge on any atom is 0.284 e. The topological polar surface area (TPSA) is 69.4 Å². The van der Waals surface area contributed by atoms with Crippen LogP contribution in [0, 0.1) is 10.1 Å². The molecule has 0 fully saturated rings. The van der Waals surface area contributed by atoms with Gasteiger partial charge in [-0.25, -0.2) is 0 Å². The Morgan fingerprint density at radius 2 is 2.19 bits per heavy atom. The summed E-state index contributed by atoms with van der Waals surface area (Å²) in [5.74, 6) is -0.372. The zero-order chi connectivity index (χ0) is 12.3. The van der Waals surface area contributed by atoms with Crippen molar-refractivity contribution >= 4 is 23.1 Å². The summed E-state index contributed by atoms with van der Waals surface area (Å²) in [6.07, 6.45) is 0. The number of nitro groups is 1. The van der Waals surface area contributed by atoms with E-state index in [1.54, 1.807) is 6.92 Å². The van der Waals surface area contributed by atoms with E-state index in [4.69, 9.17) is 16.3 Å². The number of halogens is 1. The van der Waals surface area contributed by atoms with Crippen LogP contribution in [0.5, 0.6) is 5.75 Å². The van der Waals surface area contributed by atoms with Crippen LogP contribution in [0.15, 0.2) is 12.1 Å². The molecule has 1 aromatic carbocycles. The van der Waals surface area contributed by atoms with E-state index in [-0.39, 0.29) is 28.6 Å². The zero-order valence-electron chi connectivity index (χ0n) is 8.82. The van der Waals surface area contributed by atoms with Gasteiger partial charge in [0.05, 0.1) is 16.6 Å². The van der Waals surface area contributed by atoms with E-state index in [9.17, 15) is 14.9 Å². The SMILES string of the molecule is CCOc1c(Cl)ccc([N+](=O)[O-])c1C(C)=O. The number of carbonyl (C=O) groups excluding carboxylic acids is 1. The molecule has 0 saturated carbocycles. The van der Waals surface area contributed by atoms with Crippen molar-refractivity contribution < 1.29 is 14.5 Å². The number of hydrogen-bond acceptors (Lipinski definition) is 4. The molecule has 6 heteroatoms. The van der Waals surface area contributed by atoms with E-state index in [1.165, 1.54) is 19.1 Å². The van der Waals surface area contributed by atoms with E-state index in [2.05, 4.69) is 0 Å². The second kappa shape index (κ2) is 4.94. The van der Waals surface area contributed by atoms with Crippen molar-refractivity contribution in [2.45, 2.75) is 13.8 Å². The second-order valence-electron chi connectivity index (χ2n) is 3.02. The molecule has 16 heavy (non-hydrogen) atoms. The van der Waals surface area contributed by atoms with Gasteiger partial charge in [-0.05, 0) is 19.9 Å². The quantitative estimate of drug-likeness (QED) is 0.463. The average Bonchev–Trinajstić information content (AvgIpc) is 2.20. The molecule has 86 valence electrons. The third-order valence-electron chi connectivity index (χ3n) is 1.93. The summed E-state index contributed by atoms with van der Waals surface area (Å²) in [4.78, 5) is 21.5. The lowest BCUT2D eigenvalue weighted by atomic mass is 10.1. The highest BCUT2D eigenvalue weighted by atomic mass is 35.5. The Bertz CT molecular complexity index is 445. The molecule has 0 N–H and O–H groups in total. The summed E-state index contributed by atoms with van der Waals surface area (Å²) in [6, 6.07) is 2.54. The van der Waals surface area contributed by atoms with Crippen LogP contribution in [0.2, 0.25) is 5.02 Å². The number of rotatable bonds is 4. The summed E-state index contributed by atoms with van der Waals surface area (Å²) >= 11 is 5.83. The molecule has 1 aromatic rings. The molecule has 1 rings (SSSR count). The first kappa shape index (κ1) is 12.4. The molecule has 0 heterocycles. The number of Topliss-reactive ketones (excluding diaryl/α,β-unsaturated/α-hetero) is 1. The van der Waals surface area contributed by atoms with E-state index < -0.39 is 10.7 Å². The minimum absolute atomic E-state index is 0.0749. The number of ketones is 1. The predicted octanol–water partition coefficient (Wildman–Crippen LogP) is 2.85. The third-order valence-corrected chi connectivity index (χ3v) is 2.22. The molecule has 0 amide bonds. The maximum atomic E-state index is 11.4. The van der Waals surface area contributed by atoms with Gasteiger partial charge in [0.15, 0.2) is 11.5 Å². The molecular weight excluding hydrogens is 234 g/mol. The Morgan fingerprint density at radius 3 is 2.62 bits per heavy atom. The van der Waals surface area contributed by atoms with Gasteiger partial charge < -0.3 is 4.74 Å². The molecule has 0 spiro atoms. The summed E-state index contributed by atoms with van der Waals surface area (Å²) in [5, 5.41) is 10.9. The number of nitrogens with zero attached hydrogens (tertiary/aromatic N) is 1. The molecular formula is C10H10ClNO4. The van der Waals surface area contributed by atoms with Crippen LogP contribution in [0.25, 0.3) is 0 Å². The van der Waals surface area contributed by atoms with Gasteiger partial charge in [-0.2, -0.15) is 0 Å². The van der Waals surface area contributed by atoms with Gasteiger partial charge in [-0.3, -0.25) is 14.9 Å². The van der Waals surface area contributed by atoms with E-state index in [1.807, 2.05) is 0 Å². The van der Waals surface area contributed by atoms with Gasteiger partial charge in [0, 0.05) is 6.07 Å². The first-order valence-electron chi connectivity index (χ1n) is 4.59. The molecule has 0 unspecified atom stereocenters. The number of ether oxygens (including phenoxy) is 1. The molecule has 5 nitrogen and oxygen atoms in total. The predicted molar refractivity (Wildman–Crippen MR) is 59.3 cm³/mol. The van der Waals surface area contributed by atoms with E-state index >= 15 is 0 Å². The van der Waals surface area contributed by atoms with Crippen molar-refractivity contribution in [3.05, 3.63) is 32.8 Å². The van der Waals surface area contributed by atoms with Crippen LogP contribution in [0.3, 0.4) is 0 Å². The minimum atomic E-state index is -0.629. The highest BCUT2D eigenvalue weighted by Gasteiger charge is 2.24. The molecule has 0 aliphatic rings. The van der Waals surface area contributed by atoms with Crippen molar-refractivity contribution in [3.8, 4) is 5.75 Å². The molecule has 0 aromatic heterocycles. The van der Waals surface area contributed by atoms with E-state index in [0.717, 1.165) is 0 Å². The molecule has 0 radical (unpaired) electrons. The fourth-order valence-electron chi connectivity index (χ4n) is 1.32. The summed E-state index contributed by atoms with van der Waals surface area (Å²) < 4.78 is 5.16. The zero-order valence-corrected chi connectivity index (χ0v) is 9.58. The minimum Gasteiger partial charge on any atom is -0.491 e. The lowest BCUT2D eigenvalue weighted by molar-refractivity contribution is -0.385. The Balaban J connectivity index is 3.49. The normalized spacial score (nSPS) is 9.94. The number of benzene rings is 1. The lowest BCUT2D eigenvalue weighted by Gasteiger charge is -2.09.